The third-order valence-corrected chi connectivity index (χ3v) is 3.06. The van der Waals surface area contributed by atoms with E-state index in [-0.39, 0.29) is 5.82 Å². The van der Waals surface area contributed by atoms with Gasteiger partial charge in [0.2, 0.25) is 0 Å². The molecule has 96 valence electrons. The number of benzene rings is 1. The van der Waals surface area contributed by atoms with E-state index in [1.54, 1.807) is 18.3 Å². The van der Waals surface area contributed by atoms with Crippen molar-refractivity contribution in [1.29, 1.82) is 0 Å². The molecule has 18 heavy (non-hydrogen) atoms. The van der Waals surface area contributed by atoms with Crippen LogP contribution in [0.25, 0.3) is 0 Å². The van der Waals surface area contributed by atoms with Gasteiger partial charge in [-0.1, -0.05) is 28.9 Å². The van der Waals surface area contributed by atoms with Crippen molar-refractivity contribution in [1.82, 2.24) is 9.78 Å². The molecular formula is C13H14BrFN2O. The lowest BCUT2D eigenvalue weighted by atomic mass is 10.2. The van der Waals surface area contributed by atoms with Crippen LogP contribution in [0.15, 0.2) is 30.6 Å². The number of aromatic nitrogens is 2. The van der Waals surface area contributed by atoms with E-state index in [9.17, 15) is 4.39 Å². The molecule has 3 nitrogen and oxygen atoms in total. The van der Waals surface area contributed by atoms with Gasteiger partial charge >= 0.3 is 0 Å². The molecule has 0 amide bonds. The normalized spacial score (nSPS) is 10.6. The predicted molar refractivity (Wildman–Crippen MR) is 71.6 cm³/mol. The van der Waals surface area contributed by atoms with Crippen molar-refractivity contribution >= 4 is 15.9 Å². The minimum absolute atomic E-state index is 0.273. The second-order valence-corrected chi connectivity index (χ2v) is 4.45. The number of rotatable bonds is 5. The summed E-state index contributed by atoms with van der Waals surface area (Å²) in [6, 6.07) is 4.80. The van der Waals surface area contributed by atoms with Crippen molar-refractivity contribution in [3.63, 3.8) is 0 Å². The fourth-order valence-electron chi connectivity index (χ4n) is 1.64. The lowest BCUT2D eigenvalue weighted by molar-refractivity contribution is 0.469. The summed E-state index contributed by atoms with van der Waals surface area (Å²) in [5, 5.41) is 4.58. The summed E-state index contributed by atoms with van der Waals surface area (Å²) in [5.74, 6) is 0.865. The van der Waals surface area contributed by atoms with Crippen LogP contribution in [0.5, 0.6) is 11.5 Å². The van der Waals surface area contributed by atoms with Crippen LogP contribution in [0, 0.1) is 5.82 Å². The van der Waals surface area contributed by atoms with Crippen molar-refractivity contribution in [3.8, 4) is 11.5 Å². The first-order chi connectivity index (χ1) is 8.74. The first-order valence-corrected chi connectivity index (χ1v) is 6.90. The molecule has 2 aromatic rings. The van der Waals surface area contributed by atoms with Crippen molar-refractivity contribution in [2.24, 2.45) is 0 Å². The Hall–Kier alpha value is -1.36. The first-order valence-electron chi connectivity index (χ1n) is 5.78. The molecule has 0 aliphatic rings. The Morgan fingerprint density at radius 2 is 2.28 bits per heavy atom. The fraction of sp³-hybridized carbons (Fsp3) is 0.308. The number of nitrogens with zero attached hydrogens (tertiary/aromatic N) is 2. The van der Waals surface area contributed by atoms with Gasteiger partial charge in [-0.15, -0.1) is 0 Å². The highest BCUT2D eigenvalue weighted by atomic mass is 79.9. The van der Waals surface area contributed by atoms with Crippen molar-refractivity contribution < 1.29 is 9.13 Å². The monoisotopic (exact) mass is 312 g/mol. The third-order valence-electron chi connectivity index (χ3n) is 2.50. The standard InChI is InChI=1S/C13H14BrFN2O/c1-2-6-17-9-10(8-16-17)18-13-5-3-4-12(15)11(13)7-14/h3-5,8-9H,2,6-7H2,1H3. The summed E-state index contributed by atoms with van der Waals surface area (Å²) >= 11 is 3.26. The topological polar surface area (TPSA) is 27.1 Å². The summed E-state index contributed by atoms with van der Waals surface area (Å²) in [7, 11) is 0. The highest BCUT2D eigenvalue weighted by molar-refractivity contribution is 9.08. The van der Waals surface area contributed by atoms with Crippen LogP contribution in [-0.4, -0.2) is 9.78 Å². The van der Waals surface area contributed by atoms with Crippen LogP contribution < -0.4 is 4.74 Å². The average molecular weight is 313 g/mol. The van der Waals surface area contributed by atoms with Crippen LogP contribution in [0.4, 0.5) is 4.39 Å². The molecule has 5 heteroatoms. The Balaban J connectivity index is 2.20. The maximum absolute atomic E-state index is 13.5. The Morgan fingerprint density at radius 3 is 3.00 bits per heavy atom. The largest absolute Gasteiger partial charge is 0.454 e. The Kier molecular flexibility index (Phi) is 4.36. The highest BCUT2D eigenvalue weighted by Crippen LogP contribution is 2.28. The van der Waals surface area contributed by atoms with E-state index in [1.807, 2.05) is 10.9 Å². The van der Waals surface area contributed by atoms with Gasteiger partial charge in [-0.05, 0) is 18.6 Å². The average Bonchev–Trinajstić information content (AvgIpc) is 2.77. The number of aryl methyl sites for hydroxylation is 1. The number of hydrogen-bond donors (Lipinski definition) is 0. The molecule has 1 aromatic heterocycles. The van der Waals surface area contributed by atoms with Crippen molar-refractivity contribution in [2.45, 2.75) is 25.2 Å². The van der Waals surface area contributed by atoms with Gasteiger partial charge in [0, 0.05) is 17.4 Å². The summed E-state index contributed by atoms with van der Waals surface area (Å²) < 4.78 is 21.0. The van der Waals surface area contributed by atoms with E-state index in [4.69, 9.17) is 4.74 Å². The minimum atomic E-state index is -0.273. The fourth-order valence-corrected chi connectivity index (χ4v) is 2.18. The zero-order valence-corrected chi connectivity index (χ0v) is 11.7. The van der Waals surface area contributed by atoms with E-state index in [2.05, 4.69) is 28.0 Å². The maximum Gasteiger partial charge on any atom is 0.165 e. The van der Waals surface area contributed by atoms with Gasteiger partial charge in [-0.25, -0.2) is 4.39 Å². The Morgan fingerprint density at radius 1 is 1.44 bits per heavy atom. The van der Waals surface area contributed by atoms with Gasteiger partial charge in [0.05, 0.1) is 12.4 Å². The second kappa shape index (κ2) is 6.00. The van der Waals surface area contributed by atoms with Gasteiger partial charge in [0.25, 0.3) is 0 Å². The molecule has 0 spiro atoms. The number of hydrogen-bond acceptors (Lipinski definition) is 2. The van der Waals surface area contributed by atoms with Crippen LogP contribution in [0.1, 0.15) is 18.9 Å². The van der Waals surface area contributed by atoms with Gasteiger partial charge in [-0.3, -0.25) is 4.68 Å². The van der Waals surface area contributed by atoms with Crippen LogP contribution >= 0.6 is 15.9 Å². The van der Waals surface area contributed by atoms with Gasteiger partial charge < -0.3 is 4.74 Å². The lowest BCUT2D eigenvalue weighted by Gasteiger charge is -2.08. The summed E-state index contributed by atoms with van der Waals surface area (Å²) in [4.78, 5) is 0. The van der Waals surface area contributed by atoms with Crippen molar-refractivity contribution in [3.05, 3.63) is 42.0 Å². The van der Waals surface area contributed by atoms with Crippen LogP contribution in [0.3, 0.4) is 0 Å². The Bertz CT molecular complexity index is 527. The molecule has 0 N–H and O–H groups in total. The van der Waals surface area contributed by atoms with E-state index < -0.39 is 0 Å². The van der Waals surface area contributed by atoms with Crippen LogP contribution in [-0.2, 0) is 11.9 Å². The summed E-state index contributed by atoms with van der Waals surface area (Å²) in [6.45, 7) is 2.93. The summed E-state index contributed by atoms with van der Waals surface area (Å²) in [6.07, 6.45) is 4.46. The molecule has 0 aliphatic heterocycles. The zero-order chi connectivity index (χ0) is 13.0. The lowest BCUT2D eigenvalue weighted by Crippen LogP contribution is -1.95. The van der Waals surface area contributed by atoms with Gasteiger partial charge in [0.15, 0.2) is 5.75 Å². The van der Waals surface area contributed by atoms with E-state index in [1.165, 1.54) is 6.07 Å². The molecule has 0 saturated heterocycles. The summed E-state index contributed by atoms with van der Waals surface area (Å²) in [5.41, 5.74) is 0.515. The van der Waals surface area contributed by atoms with E-state index in [0.717, 1.165) is 13.0 Å². The third kappa shape index (κ3) is 2.90. The molecular weight excluding hydrogens is 299 g/mol. The Labute approximate surface area is 114 Å². The molecule has 0 unspecified atom stereocenters. The van der Waals surface area contributed by atoms with E-state index >= 15 is 0 Å². The molecule has 1 heterocycles. The number of halogens is 2. The van der Waals surface area contributed by atoms with Crippen LogP contribution in [0.2, 0.25) is 0 Å². The quantitative estimate of drug-likeness (QED) is 0.777. The first kappa shape index (κ1) is 13.1. The SMILES string of the molecule is CCCn1cc(Oc2cccc(F)c2CBr)cn1. The number of ether oxygens (including phenoxy) is 1. The molecule has 0 radical (unpaired) electrons. The predicted octanol–water partition coefficient (Wildman–Crippen LogP) is 4.12. The van der Waals surface area contributed by atoms with E-state index in [0.29, 0.717) is 22.4 Å². The van der Waals surface area contributed by atoms with Gasteiger partial charge in [-0.2, -0.15) is 5.10 Å². The maximum atomic E-state index is 13.5. The van der Waals surface area contributed by atoms with Crippen molar-refractivity contribution in [2.75, 3.05) is 0 Å². The zero-order valence-electron chi connectivity index (χ0n) is 10.1. The molecule has 0 atom stereocenters. The van der Waals surface area contributed by atoms with Gasteiger partial charge in [0.1, 0.15) is 11.6 Å². The molecule has 1 aromatic carbocycles. The number of alkyl halides is 1. The molecule has 0 saturated carbocycles. The highest BCUT2D eigenvalue weighted by Gasteiger charge is 2.10. The molecule has 2 rings (SSSR count). The smallest absolute Gasteiger partial charge is 0.165 e. The molecule has 0 fully saturated rings. The molecule has 0 aliphatic carbocycles. The molecule has 0 bridgehead atoms. The minimum Gasteiger partial charge on any atom is -0.454 e. The second-order valence-electron chi connectivity index (χ2n) is 3.89.